The Kier molecular flexibility index (Phi) is 10.9. The maximum atomic E-state index is 14.0. The monoisotopic (exact) mass is 873 g/mol. The van der Waals surface area contributed by atoms with Crippen molar-refractivity contribution in [3.8, 4) is 11.5 Å². The lowest BCUT2D eigenvalue weighted by molar-refractivity contribution is -0.131. The molecule has 0 N–H and O–H groups in total. The summed E-state index contributed by atoms with van der Waals surface area (Å²) in [7, 11) is 1.69. The standard InChI is InChI=1S/C62H51NO4/c1-40-10-30-52(31-11-40)63(57-39-19-44-13-12-42-8-7-9-43-18-38-56(57)59(44)58(42)43)53-32-24-50(25-33-53)62(5,51-28-34-54(66-6)35-29-51)49-22-16-46(17-23-49)60(65)45-14-20-47(21-15-45)61(3,4)48-26-36-55(37-27-48)67-41(2)64/h7-39H,1-6H3. The lowest BCUT2D eigenvalue weighted by atomic mass is 9.71. The molecule has 10 aromatic carbocycles. The Bertz CT molecular complexity index is 3390. The number of benzene rings is 10. The van der Waals surface area contributed by atoms with Gasteiger partial charge >= 0.3 is 5.97 Å². The van der Waals surface area contributed by atoms with Gasteiger partial charge in [0.05, 0.1) is 12.8 Å². The Morgan fingerprint density at radius 2 is 0.896 bits per heavy atom. The van der Waals surface area contributed by atoms with Crippen molar-refractivity contribution in [3.63, 3.8) is 0 Å². The molecule has 10 rings (SSSR count). The van der Waals surface area contributed by atoms with Crippen LogP contribution in [0.3, 0.4) is 0 Å². The highest BCUT2D eigenvalue weighted by Gasteiger charge is 2.32. The fourth-order valence-electron chi connectivity index (χ4n) is 9.84. The van der Waals surface area contributed by atoms with Gasteiger partial charge in [-0.2, -0.15) is 0 Å². The van der Waals surface area contributed by atoms with E-state index in [4.69, 9.17) is 9.47 Å². The molecule has 0 aliphatic heterocycles. The van der Waals surface area contributed by atoms with Gasteiger partial charge in [0.15, 0.2) is 5.78 Å². The number of anilines is 3. The average molecular weight is 874 g/mol. The fraction of sp³-hybridized carbons (Fsp3) is 0.129. The van der Waals surface area contributed by atoms with Crippen LogP contribution >= 0.6 is 0 Å². The van der Waals surface area contributed by atoms with Crippen LogP contribution in [0.15, 0.2) is 200 Å². The lowest BCUT2D eigenvalue weighted by Gasteiger charge is -2.33. The number of carbonyl (C=O) groups excluding carboxylic acids is 2. The van der Waals surface area contributed by atoms with Crippen LogP contribution in [-0.4, -0.2) is 18.9 Å². The summed E-state index contributed by atoms with van der Waals surface area (Å²) in [6.07, 6.45) is 0. The first-order chi connectivity index (χ1) is 32.4. The van der Waals surface area contributed by atoms with E-state index in [1.165, 1.54) is 44.8 Å². The molecule has 0 bridgehead atoms. The number of nitrogens with zero attached hydrogens (tertiary/aromatic N) is 1. The zero-order valence-electron chi connectivity index (χ0n) is 38.6. The van der Waals surface area contributed by atoms with Gasteiger partial charge in [0, 0.05) is 45.6 Å². The molecule has 0 fully saturated rings. The first-order valence-corrected chi connectivity index (χ1v) is 22.8. The Morgan fingerprint density at radius 3 is 1.43 bits per heavy atom. The zero-order chi connectivity index (χ0) is 46.5. The SMILES string of the molecule is COc1ccc(C(C)(c2ccc(C(=O)c3ccc(C(C)(C)c4ccc(OC(C)=O)cc4)cc3)cc2)c2ccc(N(c3ccc(C)cc3)c3ccc4ccc5cccc6ccc3c4c56)cc2)cc1. The average Bonchev–Trinajstić information content (AvgIpc) is 3.36. The van der Waals surface area contributed by atoms with Crippen molar-refractivity contribution in [3.05, 3.63) is 245 Å². The van der Waals surface area contributed by atoms with Crippen molar-refractivity contribution >= 4 is 61.1 Å². The van der Waals surface area contributed by atoms with Crippen molar-refractivity contribution < 1.29 is 19.1 Å². The van der Waals surface area contributed by atoms with E-state index in [2.05, 4.69) is 160 Å². The summed E-state index contributed by atoms with van der Waals surface area (Å²) < 4.78 is 10.8. The molecule has 0 heterocycles. The molecule has 328 valence electrons. The minimum atomic E-state index is -0.586. The number of ether oxygens (including phenoxy) is 2. The largest absolute Gasteiger partial charge is 0.497 e. The van der Waals surface area contributed by atoms with Crippen LogP contribution in [0, 0.1) is 6.92 Å². The zero-order valence-corrected chi connectivity index (χ0v) is 38.6. The number of methoxy groups -OCH3 is 1. The van der Waals surface area contributed by atoms with Crippen molar-refractivity contribution in [2.75, 3.05) is 12.0 Å². The van der Waals surface area contributed by atoms with E-state index >= 15 is 0 Å². The van der Waals surface area contributed by atoms with Crippen LogP contribution in [0.4, 0.5) is 17.1 Å². The summed E-state index contributed by atoms with van der Waals surface area (Å²) >= 11 is 0. The summed E-state index contributed by atoms with van der Waals surface area (Å²) in [6.45, 7) is 10.1. The molecular formula is C62H51NO4. The third kappa shape index (κ3) is 7.76. The van der Waals surface area contributed by atoms with Gasteiger partial charge in [0.2, 0.25) is 0 Å². The molecule has 0 amide bonds. The van der Waals surface area contributed by atoms with Crippen molar-refractivity contribution in [2.24, 2.45) is 0 Å². The fourth-order valence-corrected chi connectivity index (χ4v) is 9.84. The maximum absolute atomic E-state index is 14.0. The van der Waals surface area contributed by atoms with Gasteiger partial charge in [0.25, 0.3) is 0 Å². The molecule has 10 aromatic rings. The van der Waals surface area contributed by atoms with E-state index in [-0.39, 0.29) is 17.2 Å². The molecule has 0 aliphatic carbocycles. The highest BCUT2D eigenvalue weighted by atomic mass is 16.5. The van der Waals surface area contributed by atoms with Crippen LogP contribution in [-0.2, 0) is 15.6 Å². The van der Waals surface area contributed by atoms with Crippen molar-refractivity contribution in [1.82, 2.24) is 0 Å². The number of carbonyl (C=O) groups is 2. The number of aryl methyl sites for hydroxylation is 1. The summed E-state index contributed by atoms with van der Waals surface area (Å²) in [5, 5.41) is 7.48. The molecule has 5 heteroatoms. The Morgan fingerprint density at radius 1 is 0.463 bits per heavy atom. The molecule has 0 saturated carbocycles. The maximum Gasteiger partial charge on any atom is 0.308 e. The summed E-state index contributed by atoms with van der Waals surface area (Å²) in [6, 6.07) is 69.5. The van der Waals surface area contributed by atoms with Crippen molar-refractivity contribution in [2.45, 2.75) is 45.4 Å². The number of hydrogen-bond donors (Lipinski definition) is 0. The van der Waals surface area contributed by atoms with Gasteiger partial charge in [-0.15, -0.1) is 0 Å². The molecule has 67 heavy (non-hydrogen) atoms. The van der Waals surface area contributed by atoms with Gasteiger partial charge in [-0.05, 0) is 123 Å². The van der Waals surface area contributed by atoms with Gasteiger partial charge in [-0.25, -0.2) is 0 Å². The van der Waals surface area contributed by atoms with E-state index in [1.54, 1.807) is 7.11 Å². The summed E-state index contributed by atoms with van der Waals surface area (Å²) in [4.78, 5) is 27.9. The smallest absolute Gasteiger partial charge is 0.308 e. The Balaban J connectivity index is 0.992. The van der Waals surface area contributed by atoms with Gasteiger partial charge in [-0.1, -0.05) is 165 Å². The predicted octanol–water partition coefficient (Wildman–Crippen LogP) is 15.2. The molecule has 0 aromatic heterocycles. The third-order valence-corrected chi connectivity index (χ3v) is 13.8. The van der Waals surface area contributed by atoms with E-state index in [0.717, 1.165) is 50.6 Å². The highest BCUT2D eigenvalue weighted by Crippen LogP contribution is 2.46. The second-order valence-corrected chi connectivity index (χ2v) is 18.2. The summed E-state index contributed by atoms with van der Waals surface area (Å²) in [5.74, 6) is 0.909. The highest BCUT2D eigenvalue weighted by molar-refractivity contribution is 6.25. The number of esters is 1. The minimum absolute atomic E-state index is 0.0415. The summed E-state index contributed by atoms with van der Waals surface area (Å²) in [5.41, 5.74) is 10.2. The number of ketones is 1. The van der Waals surface area contributed by atoms with Crippen LogP contribution < -0.4 is 14.4 Å². The predicted molar refractivity (Wildman–Crippen MR) is 274 cm³/mol. The number of hydrogen-bond acceptors (Lipinski definition) is 5. The van der Waals surface area contributed by atoms with E-state index in [0.29, 0.717) is 16.9 Å². The first-order valence-electron chi connectivity index (χ1n) is 22.8. The number of rotatable bonds is 12. The molecule has 1 unspecified atom stereocenters. The van der Waals surface area contributed by atoms with Gasteiger partial charge < -0.3 is 14.4 Å². The normalized spacial score (nSPS) is 12.6. The second kappa shape index (κ2) is 17.1. The van der Waals surface area contributed by atoms with Gasteiger partial charge in [0.1, 0.15) is 11.5 Å². The molecular weight excluding hydrogens is 823 g/mol. The van der Waals surface area contributed by atoms with Crippen molar-refractivity contribution in [1.29, 1.82) is 0 Å². The van der Waals surface area contributed by atoms with Crippen LogP contribution in [0.5, 0.6) is 11.5 Å². The molecule has 0 spiro atoms. The second-order valence-electron chi connectivity index (χ2n) is 18.2. The van der Waals surface area contributed by atoms with Gasteiger partial charge in [-0.3, -0.25) is 9.59 Å². The first kappa shape index (κ1) is 42.9. The minimum Gasteiger partial charge on any atom is -0.497 e. The topological polar surface area (TPSA) is 55.8 Å². The van der Waals surface area contributed by atoms with Crippen LogP contribution in [0.2, 0.25) is 0 Å². The molecule has 1 atom stereocenters. The lowest BCUT2D eigenvalue weighted by Crippen LogP contribution is -2.25. The molecule has 0 saturated heterocycles. The molecule has 0 aliphatic rings. The Hall–Kier alpha value is -8.02. The van der Waals surface area contributed by atoms with E-state index in [9.17, 15) is 9.59 Å². The van der Waals surface area contributed by atoms with E-state index < -0.39 is 5.41 Å². The Labute approximate surface area is 392 Å². The van der Waals surface area contributed by atoms with E-state index in [1.807, 2.05) is 72.8 Å². The van der Waals surface area contributed by atoms with Crippen LogP contribution in [0.1, 0.15) is 77.0 Å². The van der Waals surface area contributed by atoms with Crippen LogP contribution in [0.25, 0.3) is 32.3 Å². The molecule has 0 radical (unpaired) electrons. The molecule has 5 nitrogen and oxygen atoms in total. The quantitative estimate of drug-likeness (QED) is 0.0402. The third-order valence-electron chi connectivity index (χ3n) is 13.8.